The van der Waals surface area contributed by atoms with Crippen LogP contribution in [0.4, 0.5) is 11.4 Å². The van der Waals surface area contributed by atoms with Crippen LogP contribution in [0.15, 0.2) is 83.8 Å². The molecule has 0 radical (unpaired) electrons. The average molecular weight is 579 g/mol. The zero-order chi connectivity index (χ0) is 29.6. The van der Waals surface area contributed by atoms with Crippen LogP contribution in [0.5, 0.6) is 0 Å². The van der Waals surface area contributed by atoms with Crippen molar-refractivity contribution in [2.24, 2.45) is 0 Å². The van der Waals surface area contributed by atoms with Crippen molar-refractivity contribution in [1.29, 1.82) is 0 Å². The fourth-order valence-corrected chi connectivity index (χ4v) is 6.38. The minimum atomic E-state index is -4.31. The standard InChI is InChI=1S/C30H34N4O6S/c1-22-11-6-7-12-24(22)20-32(23(2)30(36)31-25-13-8-9-14-25)29(35)21-33(26-15-10-16-27(19-26)34(37)38)41(39,40)28-17-4-3-5-18-28/h3-7,10-12,15-19,23,25H,8-9,13-14,20-21H2,1-2H3,(H,31,36)/t23-/m0/s1. The summed E-state index contributed by atoms with van der Waals surface area (Å²) in [4.78, 5) is 39.5. The molecule has 1 aliphatic carbocycles. The van der Waals surface area contributed by atoms with Gasteiger partial charge in [-0.1, -0.05) is 61.4 Å². The Bertz CT molecular complexity index is 1510. The molecule has 3 aromatic carbocycles. The van der Waals surface area contributed by atoms with E-state index >= 15 is 0 Å². The first-order valence-corrected chi connectivity index (χ1v) is 15.0. The Morgan fingerprint density at radius 2 is 1.66 bits per heavy atom. The lowest BCUT2D eigenvalue weighted by molar-refractivity contribution is -0.384. The second kappa shape index (κ2) is 12.9. The van der Waals surface area contributed by atoms with E-state index in [1.165, 1.54) is 35.2 Å². The smallest absolute Gasteiger partial charge is 0.271 e. The molecule has 0 spiro atoms. The predicted octanol–water partition coefficient (Wildman–Crippen LogP) is 4.57. The van der Waals surface area contributed by atoms with Crippen LogP contribution in [0.1, 0.15) is 43.7 Å². The van der Waals surface area contributed by atoms with Crippen LogP contribution in [0.2, 0.25) is 0 Å². The minimum Gasteiger partial charge on any atom is -0.352 e. The number of hydrogen-bond donors (Lipinski definition) is 1. The second-order valence-corrected chi connectivity index (χ2v) is 12.1. The minimum absolute atomic E-state index is 0.0321. The number of carbonyl (C=O) groups excluding carboxylic acids is 2. The summed E-state index contributed by atoms with van der Waals surface area (Å²) in [5.41, 5.74) is 1.38. The summed E-state index contributed by atoms with van der Waals surface area (Å²) in [5.74, 6) is -0.931. The molecule has 1 saturated carbocycles. The van der Waals surface area contributed by atoms with Crippen molar-refractivity contribution in [1.82, 2.24) is 10.2 Å². The van der Waals surface area contributed by atoms with Gasteiger partial charge < -0.3 is 10.2 Å². The molecule has 1 N–H and O–H groups in total. The van der Waals surface area contributed by atoms with Crippen LogP contribution in [0.3, 0.4) is 0 Å². The molecule has 0 saturated heterocycles. The number of benzene rings is 3. The van der Waals surface area contributed by atoms with E-state index in [9.17, 15) is 28.1 Å². The van der Waals surface area contributed by atoms with E-state index in [1.54, 1.807) is 25.1 Å². The molecule has 1 fully saturated rings. The molecule has 0 heterocycles. The van der Waals surface area contributed by atoms with Crippen molar-refractivity contribution in [3.05, 3.63) is 100 Å². The van der Waals surface area contributed by atoms with Crippen molar-refractivity contribution in [3.8, 4) is 0 Å². The van der Waals surface area contributed by atoms with Crippen LogP contribution in [-0.4, -0.2) is 48.7 Å². The molecule has 2 amide bonds. The van der Waals surface area contributed by atoms with Crippen LogP contribution >= 0.6 is 0 Å². The maximum atomic E-state index is 14.0. The van der Waals surface area contributed by atoms with Gasteiger partial charge in [-0.3, -0.25) is 24.0 Å². The van der Waals surface area contributed by atoms with E-state index in [4.69, 9.17) is 0 Å². The fraction of sp³-hybridized carbons (Fsp3) is 0.333. The number of rotatable bonds is 11. The molecular formula is C30H34N4O6S. The van der Waals surface area contributed by atoms with Gasteiger partial charge in [0, 0.05) is 24.7 Å². The molecule has 216 valence electrons. The first kappa shape index (κ1) is 29.7. The third-order valence-electron chi connectivity index (χ3n) is 7.41. The molecular weight excluding hydrogens is 544 g/mol. The SMILES string of the molecule is Cc1ccccc1CN(C(=O)CN(c1cccc([N+](=O)[O-])c1)S(=O)(=O)c1ccccc1)[C@@H](C)C(=O)NC1CCCC1. The third-order valence-corrected chi connectivity index (χ3v) is 9.20. The summed E-state index contributed by atoms with van der Waals surface area (Å²) in [6.07, 6.45) is 3.81. The highest BCUT2D eigenvalue weighted by Crippen LogP contribution is 2.28. The largest absolute Gasteiger partial charge is 0.352 e. The highest BCUT2D eigenvalue weighted by molar-refractivity contribution is 7.92. The molecule has 41 heavy (non-hydrogen) atoms. The zero-order valence-corrected chi connectivity index (χ0v) is 23.9. The average Bonchev–Trinajstić information content (AvgIpc) is 3.48. The Kier molecular flexibility index (Phi) is 9.38. The van der Waals surface area contributed by atoms with Gasteiger partial charge in [-0.2, -0.15) is 0 Å². The molecule has 0 unspecified atom stereocenters. The number of non-ortho nitro benzene ring substituents is 1. The lowest BCUT2D eigenvalue weighted by Crippen LogP contribution is -2.52. The Morgan fingerprint density at radius 3 is 2.32 bits per heavy atom. The number of amides is 2. The first-order chi connectivity index (χ1) is 19.6. The maximum absolute atomic E-state index is 14.0. The molecule has 0 aromatic heterocycles. The third kappa shape index (κ3) is 7.10. The maximum Gasteiger partial charge on any atom is 0.271 e. The Hall–Kier alpha value is -4.25. The van der Waals surface area contributed by atoms with Crippen molar-refractivity contribution < 1.29 is 22.9 Å². The topological polar surface area (TPSA) is 130 Å². The number of carbonyl (C=O) groups is 2. The summed E-state index contributed by atoms with van der Waals surface area (Å²) >= 11 is 0. The van der Waals surface area contributed by atoms with E-state index in [0.29, 0.717) is 0 Å². The first-order valence-electron chi connectivity index (χ1n) is 13.5. The van der Waals surface area contributed by atoms with Gasteiger partial charge in [0.2, 0.25) is 11.8 Å². The van der Waals surface area contributed by atoms with Gasteiger partial charge in [0.05, 0.1) is 15.5 Å². The number of nitro groups is 1. The van der Waals surface area contributed by atoms with E-state index in [1.807, 2.05) is 31.2 Å². The van der Waals surface area contributed by atoms with Gasteiger partial charge in [0.25, 0.3) is 15.7 Å². The van der Waals surface area contributed by atoms with Crippen LogP contribution in [0.25, 0.3) is 0 Å². The van der Waals surface area contributed by atoms with Gasteiger partial charge in [-0.05, 0) is 56.0 Å². The molecule has 0 bridgehead atoms. The lowest BCUT2D eigenvalue weighted by atomic mass is 10.1. The number of anilines is 1. The second-order valence-electron chi connectivity index (χ2n) is 10.2. The van der Waals surface area contributed by atoms with Crippen molar-refractivity contribution in [2.45, 2.75) is 63.1 Å². The normalized spacial score (nSPS) is 14.3. The summed E-state index contributed by atoms with van der Waals surface area (Å²) < 4.78 is 28.5. The van der Waals surface area contributed by atoms with Crippen LogP contribution < -0.4 is 9.62 Å². The molecule has 4 rings (SSSR count). The summed E-state index contributed by atoms with van der Waals surface area (Å²) in [6, 6.07) is 19.3. The Balaban J connectivity index is 1.72. The monoisotopic (exact) mass is 578 g/mol. The van der Waals surface area contributed by atoms with Gasteiger partial charge in [0.1, 0.15) is 12.6 Å². The molecule has 3 aromatic rings. The quantitative estimate of drug-likeness (QED) is 0.262. The number of nitrogens with zero attached hydrogens (tertiary/aromatic N) is 3. The summed E-state index contributed by atoms with van der Waals surface area (Å²) in [6.45, 7) is 2.95. The number of hydrogen-bond acceptors (Lipinski definition) is 6. The summed E-state index contributed by atoms with van der Waals surface area (Å²) in [7, 11) is -4.31. The van der Waals surface area contributed by atoms with Crippen molar-refractivity contribution in [3.63, 3.8) is 0 Å². The fourth-order valence-electron chi connectivity index (χ4n) is 4.96. The van der Waals surface area contributed by atoms with E-state index in [-0.39, 0.29) is 34.8 Å². The van der Waals surface area contributed by atoms with Crippen LogP contribution in [0, 0.1) is 17.0 Å². The predicted molar refractivity (Wildman–Crippen MR) is 156 cm³/mol. The highest BCUT2D eigenvalue weighted by Gasteiger charge is 2.34. The van der Waals surface area contributed by atoms with Gasteiger partial charge in [-0.25, -0.2) is 8.42 Å². The van der Waals surface area contributed by atoms with Crippen molar-refractivity contribution in [2.75, 3.05) is 10.8 Å². The zero-order valence-electron chi connectivity index (χ0n) is 23.1. The van der Waals surface area contributed by atoms with Crippen molar-refractivity contribution >= 4 is 33.2 Å². The number of nitrogens with one attached hydrogen (secondary N) is 1. The number of sulfonamides is 1. The van der Waals surface area contributed by atoms with Gasteiger partial charge in [0.15, 0.2) is 0 Å². The van der Waals surface area contributed by atoms with E-state index in [2.05, 4.69) is 5.32 Å². The highest BCUT2D eigenvalue weighted by atomic mass is 32.2. The van der Waals surface area contributed by atoms with Gasteiger partial charge >= 0.3 is 0 Å². The lowest BCUT2D eigenvalue weighted by Gasteiger charge is -2.32. The van der Waals surface area contributed by atoms with Crippen LogP contribution in [-0.2, 0) is 26.2 Å². The summed E-state index contributed by atoms with van der Waals surface area (Å²) in [5, 5.41) is 14.5. The molecule has 1 atom stereocenters. The van der Waals surface area contributed by atoms with Gasteiger partial charge in [-0.15, -0.1) is 0 Å². The molecule has 0 aliphatic heterocycles. The van der Waals surface area contributed by atoms with E-state index in [0.717, 1.165) is 47.2 Å². The van der Waals surface area contributed by atoms with E-state index < -0.39 is 33.4 Å². The molecule has 1 aliphatic rings. The molecule has 11 heteroatoms. The Morgan fingerprint density at radius 1 is 1.00 bits per heavy atom. The Labute approximate surface area is 240 Å². The number of nitro benzene ring substituents is 1. The molecule has 10 nitrogen and oxygen atoms in total. The number of aryl methyl sites for hydroxylation is 1.